The highest BCUT2D eigenvalue weighted by molar-refractivity contribution is 14.1. The van der Waals surface area contributed by atoms with E-state index in [2.05, 4.69) is 89.9 Å². The summed E-state index contributed by atoms with van der Waals surface area (Å²) < 4.78 is 24.7. The Bertz CT molecular complexity index is 721. The van der Waals surface area contributed by atoms with Gasteiger partial charge in [0.1, 0.15) is 12.9 Å². The van der Waals surface area contributed by atoms with Crippen molar-refractivity contribution < 1.29 is 23.4 Å². The summed E-state index contributed by atoms with van der Waals surface area (Å²) in [6, 6.07) is 0. The molecular weight excluding hydrogens is 571 g/mol. The molecule has 0 unspecified atom stereocenters. The summed E-state index contributed by atoms with van der Waals surface area (Å²) in [5, 5.41) is 0.176. The summed E-state index contributed by atoms with van der Waals surface area (Å²) in [5.41, 5.74) is 2.36. The number of esters is 1. The van der Waals surface area contributed by atoms with Crippen LogP contribution in [-0.4, -0.2) is 47.0 Å². The van der Waals surface area contributed by atoms with Gasteiger partial charge < -0.3 is 18.6 Å². The molecule has 0 aliphatic heterocycles. The lowest BCUT2D eigenvalue weighted by atomic mass is 9.96. The van der Waals surface area contributed by atoms with Gasteiger partial charge in [0.05, 0.1) is 12.7 Å². The average Bonchev–Trinajstić information content (AvgIpc) is 2.78. The van der Waals surface area contributed by atoms with E-state index in [9.17, 15) is 4.79 Å². The first kappa shape index (κ1) is 34.3. The van der Waals surface area contributed by atoms with Crippen LogP contribution in [0, 0.1) is 5.92 Å². The zero-order valence-corrected chi connectivity index (χ0v) is 26.6. The maximum Gasteiger partial charge on any atom is 0.330 e. The third kappa shape index (κ3) is 15.2. The summed E-state index contributed by atoms with van der Waals surface area (Å²) in [5.74, 6) is -0.226. The van der Waals surface area contributed by atoms with Gasteiger partial charge in [0.15, 0.2) is 8.32 Å². The molecule has 0 heterocycles. The fourth-order valence-electron chi connectivity index (χ4n) is 3.04. The van der Waals surface area contributed by atoms with Crippen molar-refractivity contribution in [2.75, 3.05) is 20.5 Å². The van der Waals surface area contributed by atoms with Gasteiger partial charge in [-0.25, -0.2) is 4.79 Å². The zero-order chi connectivity index (χ0) is 27.1. The van der Waals surface area contributed by atoms with Crippen LogP contribution in [0.15, 0.2) is 46.1 Å². The maximum atomic E-state index is 12.5. The molecule has 0 aromatic heterocycles. The third-order valence-corrected chi connectivity index (χ3v) is 11.9. The van der Waals surface area contributed by atoms with Crippen molar-refractivity contribution in [1.82, 2.24) is 0 Å². The molecule has 0 aromatic rings. The molecular formula is C28H49IO5Si. The van der Waals surface area contributed by atoms with Crippen molar-refractivity contribution >= 4 is 36.9 Å². The molecule has 0 fully saturated rings. The summed E-state index contributed by atoms with van der Waals surface area (Å²) in [6.07, 6.45) is 10.3. The van der Waals surface area contributed by atoms with Gasteiger partial charge in [0.2, 0.25) is 0 Å². The number of hydrogen-bond acceptors (Lipinski definition) is 5. The second-order valence-corrected chi connectivity index (χ2v) is 16.2. The molecule has 0 N–H and O–H groups in total. The van der Waals surface area contributed by atoms with Gasteiger partial charge in [0.25, 0.3) is 0 Å². The smallest absolute Gasteiger partial charge is 0.330 e. The van der Waals surface area contributed by atoms with E-state index in [-0.39, 0.29) is 35.9 Å². The molecule has 7 heteroatoms. The summed E-state index contributed by atoms with van der Waals surface area (Å²) in [6.45, 7) is 22.2. The lowest BCUT2D eigenvalue weighted by molar-refractivity contribution is -0.144. The third-order valence-electron chi connectivity index (χ3n) is 6.35. The van der Waals surface area contributed by atoms with Gasteiger partial charge in [0, 0.05) is 25.5 Å². The van der Waals surface area contributed by atoms with E-state index < -0.39 is 8.32 Å². The number of allylic oxidation sites excluding steroid dienone is 1. The van der Waals surface area contributed by atoms with Crippen LogP contribution in [0.5, 0.6) is 0 Å². The van der Waals surface area contributed by atoms with E-state index in [1.165, 1.54) is 11.1 Å². The Morgan fingerprint density at radius 1 is 1.17 bits per heavy atom. The molecule has 0 amide bonds. The second kappa shape index (κ2) is 17.7. The first-order chi connectivity index (χ1) is 16.3. The van der Waals surface area contributed by atoms with Crippen LogP contribution >= 0.6 is 22.6 Å². The highest BCUT2D eigenvalue weighted by Crippen LogP contribution is 2.36. The van der Waals surface area contributed by atoms with Crippen molar-refractivity contribution in [3.63, 3.8) is 0 Å². The standard InChI is InChI=1S/C28H49IO5Si/c1-11-25(32-21-31-8)15-13-12-14-16-27(30)34-26(18-22(2)19-29)24(4)17-23(3)20-33-35(9,10)28(5,6)7/h11,14,16-17,19,24-26H,1,12-13,15,18,20-21H2,2-10H3/b16-14+,22-19+,23-17+/t24-,25-,26-/m1/s1. The Balaban J connectivity index is 4.98. The quantitative estimate of drug-likeness (QED) is 0.0313. The molecule has 0 aromatic carbocycles. The molecule has 3 atom stereocenters. The summed E-state index contributed by atoms with van der Waals surface area (Å²) >= 11 is 2.23. The first-order valence-electron chi connectivity index (χ1n) is 12.4. The molecule has 0 radical (unpaired) electrons. The average molecular weight is 621 g/mol. The fraction of sp³-hybridized carbons (Fsp3) is 0.679. The Kier molecular flexibility index (Phi) is 17.3. The number of rotatable bonds is 17. The Hall–Kier alpha value is -0.743. The topological polar surface area (TPSA) is 54.0 Å². The molecule has 0 saturated heterocycles. The molecule has 0 rings (SSSR count). The monoisotopic (exact) mass is 620 g/mol. The van der Waals surface area contributed by atoms with Crippen molar-refractivity contribution in [2.24, 2.45) is 5.92 Å². The summed E-state index contributed by atoms with van der Waals surface area (Å²) in [4.78, 5) is 12.5. The number of methoxy groups -OCH3 is 1. The lowest BCUT2D eigenvalue weighted by Crippen LogP contribution is -2.41. The highest BCUT2D eigenvalue weighted by Gasteiger charge is 2.37. The van der Waals surface area contributed by atoms with Crippen LogP contribution in [-0.2, 0) is 23.4 Å². The Morgan fingerprint density at radius 3 is 2.37 bits per heavy atom. The van der Waals surface area contributed by atoms with Gasteiger partial charge in [-0.05, 0) is 55.3 Å². The molecule has 0 aliphatic rings. The van der Waals surface area contributed by atoms with Crippen LogP contribution in [0.1, 0.15) is 67.2 Å². The van der Waals surface area contributed by atoms with Gasteiger partial charge in [-0.2, -0.15) is 0 Å². The second-order valence-electron chi connectivity index (χ2n) is 10.7. The van der Waals surface area contributed by atoms with E-state index in [1.54, 1.807) is 19.3 Å². The SMILES string of the molecule is C=C[C@H](CCC/C=C/C(=O)O[C@H](C/C(C)=C/I)[C@H](C)/C=C(\C)CO[Si](C)(C)C(C)(C)C)OCOC. The van der Waals surface area contributed by atoms with E-state index in [4.69, 9.17) is 18.6 Å². The number of carbonyl (C=O) groups is 1. The number of carbonyl (C=O) groups excluding carboxylic acids is 1. The Labute approximate surface area is 229 Å². The summed E-state index contributed by atoms with van der Waals surface area (Å²) in [7, 11) is -0.210. The fourth-order valence-corrected chi connectivity index (χ4v) is 4.32. The van der Waals surface area contributed by atoms with Crippen molar-refractivity contribution in [3.05, 3.63) is 46.1 Å². The van der Waals surface area contributed by atoms with Gasteiger partial charge >= 0.3 is 5.97 Å². The number of hydrogen-bond donors (Lipinski definition) is 0. The van der Waals surface area contributed by atoms with Crippen LogP contribution in [0.2, 0.25) is 18.1 Å². The molecule has 0 bridgehead atoms. The highest BCUT2D eigenvalue weighted by atomic mass is 127. The molecule has 35 heavy (non-hydrogen) atoms. The van der Waals surface area contributed by atoms with Crippen molar-refractivity contribution in [1.29, 1.82) is 0 Å². The minimum Gasteiger partial charge on any atom is -0.458 e. The van der Waals surface area contributed by atoms with E-state index in [0.717, 1.165) is 19.3 Å². The number of halogens is 1. The first-order valence-corrected chi connectivity index (χ1v) is 16.6. The predicted octanol–water partition coefficient (Wildman–Crippen LogP) is 8.13. The zero-order valence-electron chi connectivity index (χ0n) is 23.5. The van der Waals surface area contributed by atoms with E-state index in [1.807, 2.05) is 10.2 Å². The van der Waals surface area contributed by atoms with Crippen LogP contribution in [0.3, 0.4) is 0 Å². The number of ether oxygens (including phenoxy) is 3. The normalized spacial score (nSPS) is 16.3. The molecule has 202 valence electrons. The van der Waals surface area contributed by atoms with Crippen molar-refractivity contribution in [3.8, 4) is 0 Å². The lowest BCUT2D eigenvalue weighted by Gasteiger charge is -2.36. The van der Waals surface area contributed by atoms with Crippen LogP contribution in [0.25, 0.3) is 0 Å². The van der Waals surface area contributed by atoms with Gasteiger partial charge in [-0.1, -0.05) is 79.7 Å². The predicted molar refractivity (Wildman–Crippen MR) is 158 cm³/mol. The van der Waals surface area contributed by atoms with Gasteiger partial charge in [-0.3, -0.25) is 0 Å². The maximum absolute atomic E-state index is 12.5. The van der Waals surface area contributed by atoms with Gasteiger partial charge in [-0.15, -0.1) is 6.58 Å². The Morgan fingerprint density at radius 2 is 1.83 bits per heavy atom. The van der Waals surface area contributed by atoms with Crippen LogP contribution < -0.4 is 0 Å². The molecule has 0 aliphatic carbocycles. The molecule has 5 nitrogen and oxygen atoms in total. The van der Waals surface area contributed by atoms with E-state index >= 15 is 0 Å². The van der Waals surface area contributed by atoms with E-state index in [0.29, 0.717) is 13.0 Å². The minimum atomic E-state index is -1.81. The van der Waals surface area contributed by atoms with Crippen molar-refractivity contribution in [2.45, 2.75) is 97.6 Å². The number of unbranched alkanes of at least 4 members (excludes halogenated alkanes) is 1. The minimum absolute atomic E-state index is 0.0424. The molecule has 0 spiro atoms. The largest absolute Gasteiger partial charge is 0.458 e. The molecule has 0 saturated carbocycles. The van der Waals surface area contributed by atoms with Crippen LogP contribution in [0.4, 0.5) is 0 Å².